The van der Waals surface area contributed by atoms with Crippen LogP contribution in [0.15, 0.2) is 134 Å². The maximum absolute atomic E-state index is 12.4. The molecule has 1 N–H and O–H groups in total. The summed E-state index contributed by atoms with van der Waals surface area (Å²) in [5.41, 5.74) is 0. The molecule has 0 heterocycles. The highest BCUT2D eigenvalue weighted by Crippen LogP contribution is 2.16. The van der Waals surface area contributed by atoms with Gasteiger partial charge >= 0.3 is 11.9 Å². The molecule has 0 bridgehead atoms. The van der Waals surface area contributed by atoms with E-state index in [9.17, 15) is 14.7 Å². The van der Waals surface area contributed by atoms with Crippen LogP contribution in [0.3, 0.4) is 0 Å². The van der Waals surface area contributed by atoms with Crippen LogP contribution in [0, 0.1) is 0 Å². The zero-order valence-corrected chi connectivity index (χ0v) is 50.9. The van der Waals surface area contributed by atoms with Crippen molar-refractivity contribution in [1.82, 2.24) is 0 Å². The third-order valence-corrected chi connectivity index (χ3v) is 13.9. The number of unbranched alkanes of at least 4 members (excludes halogenated alkanes) is 29. The highest BCUT2D eigenvalue weighted by molar-refractivity contribution is 5.70. The third-order valence-electron chi connectivity index (χ3n) is 13.9. The van der Waals surface area contributed by atoms with Crippen molar-refractivity contribution in [3.05, 3.63) is 134 Å². The Hall–Kier alpha value is -3.96. The summed E-state index contributed by atoms with van der Waals surface area (Å²) in [7, 11) is 0. The molecule has 0 saturated carbocycles. The van der Waals surface area contributed by atoms with Crippen molar-refractivity contribution >= 4 is 11.9 Å². The van der Waals surface area contributed by atoms with Crippen LogP contribution in [-0.2, 0) is 19.1 Å². The minimum atomic E-state index is -0.785. The lowest BCUT2D eigenvalue weighted by atomic mass is 10.0. The molecule has 5 heteroatoms. The molecular weight excluding hydrogens is 957 g/mol. The van der Waals surface area contributed by atoms with Gasteiger partial charge in [0.25, 0.3) is 0 Å². The first-order chi connectivity index (χ1) is 38.6. The molecule has 1 unspecified atom stereocenters. The van der Waals surface area contributed by atoms with Gasteiger partial charge in [-0.05, 0) is 116 Å². The van der Waals surface area contributed by atoms with E-state index in [1.807, 2.05) is 0 Å². The first kappa shape index (κ1) is 74.0. The van der Waals surface area contributed by atoms with Gasteiger partial charge in [-0.3, -0.25) is 9.59 Å². The maximum Gasteiger partial charge on any atom is 0.306 e. The number of aliphatic hydroxyl groups excluding tert-OH is 1. The van der Waals surface area contributed by atoms with E-state index in [0.29, 0.717) is 12.8 Å². The molecule has 0 saturated heterocycles. The summed E-state index contributed by atoms with van der Waals surface area (Å²) in [6, 6.07) is 0. The van der Waals surface area contributed by atoms with E-state index in [0.717, 1.165) is 109 Å². The summed E-state index contributed by atoms with van der Waals surface area (Å²) in [5.74, 6) is -0.596. The third kappa shape index (κ3) is 64.6. The van der Waals surface area contributed by atoms with E-state index in [-0.39, 0.29) is 25.2 Å². The quantitative estimate of drug-likeness (QED) is 0.0373. The average Bonchev–Trinajstić information content (AvgIpc) is 3.44. The molecule has 0 aromatic carbocycles. The smallest absolute Gasteiger partial charge is 0.306 e. The Morgan fingerprint density at radius 3 is 0.833 bits per heavy atom. The molecule has 0 aliphatic heterocycles. The summed E-state index contributed by atoms with van der Waals surface area (Å²) in [6.45, 7) is 4.03. The largest absolute Gasteiger partial charge is 0.462 e. The van der Waals surface area contributed by atoms with Crippen molar-refractivity contribution in [3.8, 4) is 0 Å². The second-order valence-electron chi connectivity index (χ2n) is 21.5. The van der Waals surface area contributed by atoms with E-state index >= 15 is 0 Å². The number of carbonyl (C=O) groups is 2. The standard InChI is InChI=1S/C73H122O5/c1-3-5-7-9-11-13-15-17-19-21-23-25-27-29-31-32-33-34-35-36-37-38-39-40-42-44-46-48-50-52-54-56-58-60-62-64-66-68-73(76)78-71(69-74)70-77-72(75)67-65-63-61-59-57-55-53-51-49-47-45-43-41-30-28-26-24-22-20-18-16-14-12-10-8-6-4-2/h5,7,11,13,16-19,22-25,29,31,33-34,36-37,39-40,44,46,71,74H,3-4,6,8-10,12,14-15,20-21,26-28,30,32,35,38,41-43,45,47-70H2,1-2H3/b7-5-,13-11-,18-16-,19-17-,24-22-,25-23-,31-29-,34-33-,37-36-,40-39-,46-44-. The van der Waals surface area contributed by atoms with Crippen LogP contribution in [0.2, 0.25) is 0 Å². The predicted molar refractivity (Wildman–Crippen MR) is 343 cm³/mol. The van der Waals surface area contributed by atoms with Crippen LogP contribution in [0.25, 0.3) is 0 Å². The molecule has 0 aromatic rings. The Labute approximate surface area is 483 Å². The zero-order chi connectivity index (χ0) is 56.2. The fourth-order valence-corrected chi connectivity index (χ4v) is 9.05. The molecule has 5 nitrogen and oxygen atoms in total. The Bertz CT molecular complexity index is 1600. The van der Waals surface area contributed by atoms with Crippen LogP contribution in [0.5, 0.6) is 0 Å². The summed E-state index contributed by atoms with van der Waals surface area (Å²) in [5, 5.41) is 9.69. The second-order valence-corrected chi connectivity index (χ2v) is 21.5. The number of hydrogen-bond acceptors (Lipinski definition) is 5. The van der Waals surface area contributed by atoms with Gasteiger partial charge in [0, 0.05) is 12.8 Å². The van der Waals surface area contributed by atoms with Gasteiger partial charge in [0.2, 0.25) is 0 Å². The van der Waals surface area contributed by atoms with Gasteiger partial charge in [0.05, 0.1) is 6.61 Å². The van der Waals surface area contributed by atoms with Crippen LogP contribution < -0.4 is 0 Å². The Morgan fingerprint density at radius 2 is 0.551 bits per heavy atom. The van der Waals surface area contributed by atoms with Crippen LogP contribution >= 0.6 is 0 Å². The number of rotatable bonds is 59. The van der Waals surface area contributed by atoms with E-state index in [1.165, 1.54) is 161 Å². The Balaban J connectivity index is 3.55. The van der Waals surface area contributed by atoms with Gasteiger partial charge in [0.15, 0.2) is 6.10 Å². The van der Waals surface area contributed by atoms with Crippen LogP contribution in [0.4, 0.5) is 0 Å². The fraction of sp³-hybridized carbons (Fsp3) is 0.671. The summed E-state index contributed by atoms with van der Waals surface area (Å²) in [6.07, 6.45) is 100. The molecule has 444 valence electrons. The monoisotopic (exact) mass is 1080 g/mol. The lowest BCUT2D eigenvalue weighted by Gasteiger charge is -2.15. The highest BCUT2D eigenvalue weighted by Gasteiger charge is 2.16. The van der Waals surface area contributed by atoms with Gasteiger partial charge in [-0.25, -0.2) is 0 Å². The molecule has 0 radical (unpaired) electrons. The molecular formula is C73H122O5. The predicted octanol–water partition coefficient (Wildman–Crippen LogP) is 22.8. The molecule has 0 rings (SSSR count). The van der Waals surface area contributed by atoms with Crippen LogP contribution in [-0.4, -0.2) is 36.4 Å². The first-order valence-electron chi connectivity index (χ1n) is 32.7. The summed E-state index contributed by atoms with van der Waals surface area (Å²) >= 11 is 0. The topological polar surface area (TPSA) is 72.8 Å². The van der Waals surface area contributed by atoms with E-state index in [1.54, 1.807) is 0 Å². The van der Waals surface area contributed by atoms with Gasteiger partial charge in [0.1, 0.15) is 6.61 Å². The van der Waals surface area contributed by atoms with Crippen molar-refractivity contribution in [3.63, 3.8) is 0 Å². The number of esters is 2. The van der Waals surface area contributed by atoms with E-state index in [2.05, 4.69) is 148 Å². The molecule has 1 atom stereocenters. The lowest BCUT2D eigenvalue weighted by Crippen LogP contribution is -2.28. The number of allylic oxidation sites excluding steroid dienone is 22. The maximum atomic E-state index is 12.4. The second kappa shape index (κ2) is 67.3. The summed E-state index contributed by atoms with van der Waals surface area (Å²) < 4.78 is 10.7. The van der Waals surface area contributed by atoms with Gasteiger partial charge < -0.3 is 14.6 Å². The molecule has 78 heavy (non-hydrogen) atoms. The molecule has 0 spiro atoms. The molecule has 0 fully saturated rings. The van der Waals surface area contributed by atoms with Gasteiger partial charge in [-0.15, -0.1) is 0 Å². The van der Waals surface area contributed by atoms with Crippen molar-refractivity contribution in [2.75, 3.05) is 13.2 Å². The zero-order valence-electron chi connectivity index (χ0n) is 50.9. The molecule has 0 aliphatic rings. The van der Waals surface area contributed by atoms with E-state index in [4.69, 9.17) is 9.47 Å². The SMILES string of the molecule is CC/C=C\C/C=C\C/C=C\C/C=C\C/C=C\C/C=C\C/C=C\C/C=C\C/C=C\CCCCCCCCCCCC(=O)OC(CO)COC(=O)CCCCCCCCCCCCCCCCC/C=C\C/C=C\CCCCCCC. The molecule has 0 amide bonds. The van der Waals surface area contributed by atoms with E-state index < -0.39 is 6.10 Å². The van der Waals surface area contributed by atoms with Crippen molar-refractivity contribution in [2.45, 2.75) is 302 Å². The Kier molecular flexibility index (Phi) is 63.9. The summed E-state index contributed by atoms with van der Waals surface area (Å²) in [4.78, 5) is 24.6. The van der Waals surface area contributed by atoms with Gasteiger partial charge in [-0.1, -0.05) is 302 Å². The fourth-order valence-electron chi connectivity index (χ4n) is 9.05. The molecule has 0 aliphatic carbocycles. The minimum Gasteiger partial charge on any atom is -0.462 e. The number of carbonyl (C=O) groups excluding carboxylic acids is 2. The minimum absolute atomic E-state index is 0.0733. The first-order valence-corrected chi connectivity index (χ1v) is 32.7. The average molecular weight is 1080 g/mol. The number of hydrogen-bond donors (Lipinski definition) is 1. The van der Waals surface area contributed by atoms with Gasteiger partial charge in [-0.2, -0.15) is 0 Å². The highest BCUT2D eigenvalue weighted by atomic mass is 16.6. The van der Waals surface area contributed by atoms with Crippen molar-refractivity contribution in [1.29, 1.82) is 0 Å². The molecule has 0 aromatic heterocycles. The lowest BCUT2D eigenvalue weighted by molar-refractivity contribution is -0.161. The van der Waals surface area contributed by atoms with Crippen LogP contribution in [0.1, 0.15) is 296 Å². The number of ether oxygens (including phenoxy) is 2. The number of aliphatic hydroxyl groups is 1. The van der Waals surface area contributed by atoms with Crippen molar-refractivity contribution in [2.24, 2.45) is 0 Å². The Morgan fingerprint density at radius 1 is 0.308 bits per heavy atom. The normalized spacial score (nSPS) is 13.1. The van der Waals surface area contributed by atoms with Crippen molar-refractivity contribution < 1.29 is 24.2 Å².